The highest BCUT2D eigenvalue weighted by Crippen LogP contribution is 2.44. The van der Waals surface area contributed by atoms with Gasteiger partial charge in [0, 0.05) is 35.9 Å². The van der Waals surface area contributed by atoms with Crippen molar-refractivity contribution in [2.45, 2.75) is 12.8 Å². The van der Waals surface area contributed by atoms with Crippen molar-refractivity contribution in [1.29, 1.82) is 0 Å². The fourth-order valence-electron chi connectivity index (χ4n) is 6.19. The second-order valence-corrected chi connectivity index (χ2v) is 11.0. The van der Waals surface area contributed by atoms with Crippen molar-refractivity contribution < 1.29 is 0 Å². The predicted octanol–water partition coefficient (Wildman–Crippen LogP) is 10.1. The summed E-state index contributed by atoms with van der Waals surface area (Å²) in [5.74, 6) is 0. The molecule has 4 heterocycles. The Morgan fingerprint density at radius 2 is 1.07 bits per heavy atom. The van der Waals surface area contributed by atoms with Crippen LogP contribution in [0.5, 0.6) is 0 Å². The molecule has 0 aliphatic carbocycles. The Hall–Kier alpha value is -5.74. The van der Waals surface area contributed by atoms with E-state index >= 15 is 0 Å². The van der Waals surface area contributed by atoms with Crippen LogP contribution in [0.4, 0.5) is 0 Å². The van der Waals surface area contributed by atoms with E-state index in [1.54, 1.807) is 6.20 Å². The van der Waals surface area contributed by atoms with Gasteiger partial charge in [-0.25, -0.2) is 0 Å². The minimum atomic E-state index is 0.855. The molecule has 0 amide bonds. The first-order chi connectivity index (χ1) is 21.8. The van der Waals surface area contributed by atoms with Gasteiger partial charge in [-0.3, -0.25) is 19.9 Å². The largest absolute Gasteiger partial charge is 0.259 e. The maximum Gasteiger partial charge on any atom is 0.0886 e. The molecular weight excluding hydrogens is 536 g/mol. The molecule has 0 saturated carbocycles. The molecule has 0 saturated heterocycles. The van der Waals surface area contributed by atoms with Crippen LogP contribution in [0.2, 0.25) is 0 Å². The summed E-state index contributed by atoms with van der Waals surface area (Å²) >= 11 is 0. The van der Waals surface area contributed by atoms with Gasteiger partial charge < -0.3 is 0 Å². The fourth-order valence-corrected chi connectivity index (χ4v) is 6.19. The van der Waals surface area contributed by atoms with E-state index in [0.29, 0.717) is 0 Å². The molecule has 4 nitrogen and oxygen atoms in total. The predicted molar refractivity (Wildman–Crippen MR) is 182 cm³/mol. The SMILES string of the molecule is C1=NC(c2ccc(-c3c4ccccc4c(-c4ccc(-c5ccccn5)nc4)c4cc(-c5ccccc5)ccc34)cn2)=CCC1. The second-order valence-electron chi connectivity index (χ2n) is 11.0. The average Bonchev–Trinajstić information content (AvgIpc) is 3.12. The van der Waals surface area contributed by atoms with Crippen LogP contribution in [-0.4, -0.2) is 21.2 Å². The summed E-state index contributed by atoms with van der Waals surface area (Å²) in [6.07, 6.45) is 11.9. The van der Waals surface area contributed by atoms with Gasteiger partial charge in [-0.2, -0.15) is 0 Å². The number of aromatic nitrogens is 3. The highest BCUT2D eigenvalue weighted by Gasteiger charge is 2.18. The van der Waals surface area contributed by atoms with Crippen LogP contribution in [0.1, 0.15) is 18.5 Å². The van der Waals surface area contributed by atoms with Crippen LogP contribution in [0, 0.1) is 0 Å². The number of aliphatic imine (C=N–C) groups is 1. The molecule has 0 atom stereocenters. The molecule has 0 fully saturated rings. The highest BCUT2D eigenvalue weighted by molar-refractivity contribution is 6.21. The molecule has 1 aliphatic rings. The zero-order valence-electron chi connectivity index (χ0n) is 24.1. The Kier molecular flexibility index (Phi) is 6.58. The Morgan fingerprint density at radius 3 is 1.73 bits per heavy atom. The van der Waals surface area contributed by atoms with Crippen molar-refractivity contribution >= 4 is 33.5 Å². The van der Waals surface area contributed by atoms with Crippen molar-refractivity contribution in [3.8, 4) is 44.8 Å². The first kappa shape index (κ1) is 25.9. The van der Waals surface area contributed by atoms with Gasteiger partial charge in [-0.15, -0.1) is 0 Å². The number of allylic oxidation sites excluding steroid dienone is 1. The third kappa shape index (κ3) is 4.67. The lowest BCUT2D eigenvalue weighted by Crippen LogP contribution is -1.95. The molecule has 8 rings (SSSR count). The summed E-state index contributed by atoms with van der Waals surface area (Å²) in [6, 6.07) is 40.5. The Balaban J connectivity index is 1.37. The van der Waals surface area contributed by atoms with Gasteiger partial charge in [-0.1, -0.05) is 91.0 Å². The van der Waals surface area contributed by atoms with E-state index in [0.717, 1.165) is 46.7 Å². The zero-order valence-corrected chi connectivity index (χ0v) is 24.1. The standard InChI is InChI=1S/C40H28N4/c1-2-10-27(11-3-1)28-16-19-33-34(24-28)40(30-18-21-38(44-26-30)36-15-7-9-23-42-36)32-13-5-4-12-31(32)39(33)29-17-20-37(43-25-29)35-14-6-8-22-41-35/h1-5,7,9-26H,6,8H2. The molecule has 0 N–H and O–H groups in total. The minimum absolute atomic E-state index is 0.855. The van der Waals surface area contributed by atoms with Crippen LogP contribution in [-0.2, 0) is 0 Å². The molecule has 4 heteroatoms. The third-order valence-electron chi connectivity index (χ3n) is 8.29. The highest BCUT2D eigenvalue weighted by atomic mass is 14.8. The van der Waals surface area contributed by atoms with Gasteiger partial charge in [0.1, 0.15) is 0 Å². The fraction of sp³-hybridized carbons (Fsp3) is 0.0500. The summed E-state index contributed by atoms with van der Waals surface area (Å²) in [5, 5.41) is 4.71. The first-order valence-corrected chi connectivity index (χ1v) is 14.9. The van der Waals surface area contributed by atoms with E-state index in [2.05, 4.69) is 113 Å². The summed E-state index contributed by atoms with van der Waals surface area (Å²) in [5.41, 5.74) is 10.4. The van der Waals surface area contributed by atoms with Gasteiger partial charge in [0.25, 0.3) is 0 Å². The maximum atomic E-state index is 4.88. The molecule has 1 aliphatic heterocycles. The monoisotopic (exact) mass is 564 g/mol. The third-order valence-corrected chi connectivity index (χ3v) is 8.29. The van der Waals surface area contributed by atoms with Crippen molar-refractivity contribution in [3.63, 3.8) is 0 Å². The van der Waals surface area contributed by atoms with Crippen molar-refractivity contribution in [2.75, 3.05) is 0 Å². The number of rotatable bonds is 5. The number of pyridine rings is 3. The van der Waals surface area contributed by atoms with Gasteiger partial charge in [0.05, 0.1) is 22.8 Å². The van der Waals surface area contributed by atoms with Gasteiger partial charge in [-0.05, 0) is 87.0 Å². The molecule has 4 aromatic carbocycles. The van der Waals surface area contributed by atoms with E-state index < -0.39 is 0 Å². The molecule has 7 aromatic rings. The summed E-state index contributed by atoms with van der Waals surface area (Å²) in [6.45, 7) is 0. The normalized spacial score (nSPS) is 12.9. The summed E-state index contributed by atoms with van der Waals surface area (Å²) in [4.78, 5) is 18.8. The van der Waals surface area contributed by atoms with E-state index in [1.165, 1.54) is 43.8 Å². The van der Waals surface area contributed by atoms with E-state index in [9.17, 15) is 0 Å². The van der Waals surface area contributed by atoms with E-state index in [1.807, 2.05) is 36.8 Å². The molecule has 208 valence electrons. The van der Waals surface area contributed by atoms with Gasteiger partial charge in [0.2, 0.25) is 0 Å². The lowest BCUT2D eigenvalue weighted by Gasteiger charge is -2.19. The van der Waals surface area contributed by atoms with Gasteiger partial charge >= 0.3 is 0 Å². The Morgan fingerprint density at radius 1 is 0.432 bits per heavy atom. The second kappa shape index (κ2) is 11.2. The number of fused-ring (bicyclic) bond motifs is 2. The average molecular weight is 565 g/mol. The van der Waals surface area contributed by atoms with Crippen molar-refractivity contribution in [2.24, 2.45) is 4.99 Å². The van der Waals surface area contributed by atoms with Crippen LogP contribution >= 0.6 is 0 Å². The summed E-state index contributed by atoms with van der Waals surface area (Å²) in [7, 11) is 0. The number of hydrogen-bond donors (Lipinski definition) is 0. The topological polar surface area (TPSA) is 51.0 Å². The molecule has 0 spiro atoms. The van der Waals surface area contributed by atoms with Crippen molar-refractivity contribution in [3.05, 3.63) is 146 Å². The quantitative estimate of drug-likeness (QED) is 0.196. The zero-order chi connectivity index (χ0) is 29.3. The van der Waals surface area contributed by atoms with Gasteiger partial charge in [0.15, 0.2) is 0 Å². The van der Waals surface area contributed by atoms with Crippen molar-refractivity contribution in [1.82, 2.24) is 15.0 Å². The molecule has 0 radical (unpaired) electrons. The minimum Gasteiger partial charge on any atom is -0.259 e. The summed E-state index contributed by atoms with van der Waals surface area (Å²) < 4.78 is 0. The Labute approximate surface area is 256 Å². The molecule has 3 aromatic heterocycles. The maximum absolute atomic E-state index is 4.88. The Bertz CT molecular complexity index is 2180. The molecule has 0 bridgehead atoms. The van der Waals surface area contributed by atoms with Crippen LogP contribution in [0.25, 0.3) is 72.0 Å². The number of nitrogens with zero attached hydrogens (tertiary/aromatic N) is 4. The van der Waals surface area contributed by atoms with Crippen LogP contribution in [0.3, 0.4) is 0 Å². The van der Waals surface area contributed by atoms with Crippen LogP contribution in [0.15, 0.2) is 145 Å². The first-order valence-electron chi connectivity index (χ1n) is 14.9. The number of benzene rings is 4. The molecule has 0 unspecified atom stereocenters. The van der Waals surface area contributed by atoms with Crippen LogP contribution < -0.4 is 0 Å². The molecular formula is C40H28N4. The molecule has 44 heavy (non-hydrogen) atoms. The lowest BCUT2D eigenvalue weighted by atomic mass is 9.85. The number of hydrogen-bond acceptors (Lipinski definition) is 4. The lowest BCUT2D eigenvalue weighted by molar-refractivity contribution is 1.08. The van der Waals surface area contributed by atoms with E-state index in [-0.39, 0.29) is 0 Å². The van der Waals surface area contributed by atoms with E-state index in [4.69, 9.17) is 9.97 Å². The smallest absolute Gasteiger partial charge is 0.0886 e.